The molecule has 2 rings (SSSR count). The Labute approximate surface area is 127 Å². The molecule has 0 atom stereocenters. The van der Waals surface area contributed by atoms with E-state index in [1.54, 1.807) is 30.5 Å². The van der Waals surface area contributed by atoms with Gasteiger partial charge in [0.15, 0.2) is 12.4 Å². The average molecular weight is 305 g/mol. The third-order valence-electron chi connectivity index (χ3n) is 2.99. The van der Waals surface area contributed by atoms with Crippen LogP contribution >= 0.6 is 0 Å². The largest absolute Gasteiger partial charge is 0.478 e. The molecular weight excluding hydrogens is 286 g/mol. The number of aryl methyl sites for hydroxylation is 1. The molecule has 0 aliphatic carbocycles. The van der Waals surface area contributed by atoms with Crippen LogP contribution in [0.25, 0.3) is 0 Å². The van der Waals surface area contributed by atoms with E-state index in [2.05, 4.69) is 5.32 Å². The summed E-state index contributed by atoms with van der Waals surface area (Å²) in [6.07, 6.45) is 3.90. The number of rotatable bonds is 8. The molecule has 7 nitrogen and oxygen atoms in total. The quantitative estimate of drug-likeness (QED) is 0.739. The molecule has 2 aromatic heterocycles. The van der Waals surface area contributed by atoms with E-state index in [9.17, 15) is 9.59 Å². The summed E-state index contributed by atoms with van der Waals surface area (Å²) in [4.78, 5) is 23.8. The summed E-state index contributed by atoms with van der Waals surface area (Å²) in [6, 6.07) is 6.75. The summed E-state index contributed by atoms with van der Waals surface area (Å²) in [6.45, 7) is 1.09. The SMILES string of the molecule is NCCCn1cccc(OCC(=O)NCc2ccco2)c1=O. The molecular formula is C15H19N3O4. The van der Waals surface area contributed by atoms with Crippen molar-refractivity contribution in [3.8, 4) is 5.75 Å². The van der Waals surface area contributed by atoms with Crippen molar-refractivity contribution in [2.24, 2.45) is 5.73 Å². The van der Waals surface area contributed by atoms with Crippen LogP contribution < -0.4 is 21.3 Å². The molecule has 0 unspecified atom stereocenters. The van der Waals surface area contributed by atoms with Gasteiger partial charge in [-0.2, -0.15) is 0 Å². The van der Waals surface area contributed by atoms with Crippen LogP contribution in [0.5, 0.6) is 5.75 Å². The number of nitrogens with zero attached hydrogens (tertiary/aromatic N) is 1. The molecule has 0 spiro atoms. The zero-order valence-electron chi connectivity index (χ0n) is 12.2. The highest BCUT2D eigenvalue weighted by Crippen LogP contribution is 2.03. The van der Waals surface area contributed by atoms with E-state index < -0.39 is 0 Å². The van der Waals surface area contributed by atoms with E-state index in [1.165, 1.54) is 10.8 Å². The maximum Gasteiger partial charge on any atom is 0.292 e. The number of ether oxygens (including phenoxy) is 1. The van der Waals surface area contributed by atoms with Gasteiger partial charge in [0.25, 0.3) is 11.5 Å². The Bertz CT molecular complexity index is 649. The van der Waals surface area contributed by atoms with Crippen molar-refractivity contribution >= 4 is 5.91 Å². The zero-order chi connectivity index (χ0) is 15.8. The number of hydrogen-bond donors (Lipinski definition) is 2. The Hall–Kier alpha value is -2.54. The third kappa shape index (κ3) is 4.49. The van der Waals surface area contributed by atoms with Gasteiger partial charge in [-0.3, -0.25) is 9.59 Å². The number of aromatic nitrogens is 1. The fraction of sp³-hybridized carbons (Fsp3) is 0.333. The summed E-state index contributed by atoms with van der Waals surface area (Å²) in [7, 11) is 0. The van der Waals surface area contributed by atoms with Crippen molar-refractivity contribution in [2.45, 2.75) is 19.5 Å². The molecule has 1 amide bonds. The summed E-state index contributed by atoms with van der Waals surface area (Å²) in [5.74, 6) is 0.470. The van der Waals surface area contributed by atoms with Gasteiger partial charge < -0.3 is 24.8 Å². The molecule has 0 saturated heterocycles. The summed E-state index contributed by atoms with van der Waals surface area (Å²) >= 11 is 0. The monoisotopic (exact) mass is 305 g/mol. The number of amides is 1. The predicted molar refractivity (Wildman–Crippen MR) is 80.4 cm³/mol. The van der Waals surface area contributed by atoms with Crippen molar-refractivity contribution in [3.05, 3.63) is 52.8 Å². The van der Waals surface area contributed by atoms with E-state index in [0.29, 0.717) is 25.3 Å². The van der Waals surface area contributed by atoms with Crippen LogP contribution in [0.3, 0.4) is 0 Å². The highest BCUT2D eigenvalue weighted by atomic mass is 16.5. The van der Waals surface area contributed by atoms with Gasteiger partial charge in [0.05, 0.1) is 12.8 Å². The lowest BCUT2D eigenvalue weighted by atomic mass is 10.4. The first kappa shape index (κ1) is 15.8. The van der Waals surface area contributed by atoms with Crippen LogP contribution in [0.1, 0.15) is 12.2 Å². The van der Waals surface area contributed by atoms with Crippen molar-refractivity contribution < 1.29 is 13.9 Å². The molecule has 2 aromatic rings. The molecule has 0 radical (unpaired) electrons. The second kappa shape index (κ2) is 8.04. The van der Waals surface area contributed by atoms with Gasteiger partial charge in [-0.1, -0.05) is 0 Å². The number of nitrogens with two attached hydrogens (primary N) is 1. The first-order valence-electron chi connectivity index (χ1n) is 7.02. The van der Waals surface area contributed by atoms with Crippen LogP contribution in [-0.4, -0.2) is 23.6 Å². The lowest BCUT2D eigenvalue weighted by Gasteiger charge is -2.09. The van der Waals surface area contributed by atoms with Crippen molar-refractivity contribution in [2.75, 3.05) is 13.2 Å². The highest BCUT2D eigenvalue weighted by molar-refractivity contribution is 5.77. The van der Waals surface area contributed by atoms with E-state index in [-0.39, 0.29) is 30.4 Å². The fourth-order valence-corrected chi connectivity index (χ4v) is 1.86. The molecule has 0 fully saturated rings. The van der Waals surface area contributed by atoms with Gasteiger partial charge in [-0.25, -0.2) is 0 Å². The smallest absolute Gasteiger partial charge is 0.292 e. The molecule has 3 N–H and O–H groups in total. The van der Waals surface area contributed by atoms with Gasteiger partial charge in [0, 0.05) is 12.7 Å². The van der Waals surface area contributed by atoms with E-state index in [4.69, 9.17) is 14.9 Å². The summed E-state index contributed by atoms with van der Waals surface area (Å²) < 4.78 is 11.9. The second-order valence-electron chi connectivity index (χ2n) is 4.66. The van der Waals surface area contributed by atoms with Gasteiger partial charge >= 0.3 is 0 Å². The lowest BCUT2D eigenvalue weighted by molar-refractivity contribution is -0.123. The molecule has 0 bridgehead atoms. The minimum absolute atomic E-state index is 0.146. The van der Waals surface area contributed by atoms with Crippen molar-refractivity contribution in [3.63, 3.8) is 0 Å². The molecule has 22 heavy (non-hydrogen) atoms. The summed E-state index contributed by atoms with van der Waals surface area (Å²) in [5.41, 5.74) is 5.16. The number of pyridine rings is 1. The number of nitrogens with one attached hydrogen (secondary N) is 1. The Balaban J connectivity index is 1.85. The van der Waals surface area contributed by atoms with E-state index >= 15 is 0 Å². The average Bonchev–Trinajstić information content (AvgIpc) is 3.04. The topological polar surface area (TPSA) is 99.5 Å². The molecule has 7 heteroatoms. The lowest BCUT2D eigenvalue weighted by Crippen LogP contribution is -2.30. The molecule has 2 heterocycles. The van der Waals surface area contributed by atoms with Crippen molar-refractivity contribution in [1.29, 1.82) is 0 Å². The number of carbonyl (C=O) groups is 1. The minimum Gasteiger partial charge on any atom is -0.478 e. The molecule has 0 aliphatic heterocycles. The van der Waals surface area contributed by atoms with Crippen LogP contribution in [0.15, 0.2) is 45.9 Å². The van der Waals surface area contributed by atoms with Crippen LogP contribution in [-0.2, 0) is 17.9 Å². The maximum atomic E-state index is 12.1. The van der Waals surface area contributed by atoms with Crippen molar-refractivity contribution in [1.82, 2.24) is 9.88 Å². The van der Waals surface area contributed by atoms with E-state index in [0.717, 1.165) is 0 Å². The fourth-order valence-electron chi connectivity index (χ4n) is 1.86. The first-order chi connectivity index (χ1) is 10.7. The number of hydrogen-bond acceptors (Lipinski definition) is 5. The van der Waals surface area contributed by atoms with Gasteiger partial charge in [0.1, 0.15) is 5.76 Å². The third-order valence-corrected chi connectivity index (χ3v) is 2.99. The molecule has 118 valence electrons. The number of carbonyl (C=O) groups excluding carboxylic acids is 1. The van der Waals surface area contributed by atoms with Crippen LogP contribution in [0.2, 0.25) is 0 Å². The minimum atomic E-state index is -0.326. The number of furan rings is 1. The van der Waals surface area contributed by atoms with Crippen LogP contribution in [0.4, 0.5) is 0 Å². The second-order valence-corrected chi connectivity index (χ2v) is 4.66. The van der Waals surface area contributed by atoms with Gasteiger partial charge in [0.2, 0.25) is 0 Å². The van der Waals surface area contributed by atoms with Crippen LogP contribution in [0, 0.1) is 0 Å². The Kier molecular flexibility index (Phi) is 5.79. The summed E-state index contributed by atoms with van der Waals surface area (Å²) in [5, 5.41) is 2.64. The van der Waals surface area contributed by atoms with Gasteiger partial charge in [-0.15, -0.1) is 0 Å². The highest BCUT2D eigenvalue weighted by Gasteiger charge is 2.08. The normalized spacial score (nSPS) is 10.4. The molecule has 0 saturated carbocycles. The Morgan fingerprint density at radius 2 is 2.23 bits per heavy atom. The first-order valence-corrected chi connectivity index (χ1v) is 7.02. The standard InChI is InChI=1S/C15H19N3O4/c16-6-3-8-18-7-1-5-13(15(18)20)22-11-14(19)17-10-12-4-2-9-21-12/h1-2,4-5,7,9H,3,6,8,10-11,16H2,(H,17,19). The molecule has 0 aliphatic rings. The Morgan fingerprint density at radius 1 is 1.36 bits per heavy atom. The molecule has 0 aromatic carbocycles. The Morgan fingerprint density at radius 3 is 2.95 bits per heavy atom. The zero-order valence-corrected chi connectivity index (χ0v) is 12.2. The maximum absolute atomic E-state index is 12.1. The predicted octanol–water partition coefficient (Wildman–Crippen LogP) is 0.485. The van der Waals surface area contributed by atoms with Gasteiger partial charge in [-0.05, 0) is 37.2 Å². The van der Waals surface area contributed by atoms with E-state index in [1.807, 2.05) is 0 Å².